The molecule has 1 aliphatic rings. The summed E-state index contributed by atoms with van der Waals surface area (Å²) < 4.78 is 38.1. The summed E-state index contributed by atoms with van der Waals surface area (Å²) in [7, 11) is 0. The largest absolute Gasteiger partial charge is 0.417 e. The van der Waals surface area contributed by atoms with Crippen molar-refractivity contribution in [2.24, 2.45) is 10.8 Å². The molecule has 19 heavy (non-hydrogen) atoms. The number of nitrogens with zero attached hydrogens (tertiary/aromatic N) is 1. The van der Waals surface area contributed by atoms with E-state index in [2.05, 4.69) is 15.7 Å². The topological polar surface area (TPSA) is 62.4 Å². The summed E-state index contributed by atoms with van der Waals surface area (Å²) in [5.74, 6) is 5.49. The summed E-state index contributed by atoms with van der Waals surface area (Å²) in [6.45, 7) is 0. The Hall–Kier alpha value is -1.47. The molecule has 0 spiro atoms. The molecule has 0 amide bonds. The molecule has 0 radical (unpaired) electrons. The molecule has 1 saturated carbocycles. The first-order valence-corrected chi connectivity index (χ1v) is 5.96. The van der Waals surface area contributed by atoms with Crippen LogP contribution in [-0.4, -0.2) is 12.0 Å². The zero-order valence-corrected chi connectivity index (χ0v) is 10.5. The van der Waals surface area contributed by atoms with Gasteiger partial charge >= 0.3 is 6.18 Å². The summed E-state index contributed by atoms with van der Waals surface area (Å²) in [6.07, 6.45) is -2.58. The van der Waals surface area contributed by atoms with Crippen molar-refractivity contribution in [3.63, 3.8) is 0 Å². The van der Waals surface area contributed by atoms with Crippen molar-refractivity contribution >= 4 is 23.2 Å². The van der Waals surface area contributed by atoms with Crippen LogP contribution < -0.4 is 16.6 Å². The lowest BCUT2D eigenvalue weighted by atomic mass is 10.2. The van der Waals surface area contributed by atoms with E-state index in [4.69, 9.17) is 17.4 Å². The SMILES string of the molecule is NNC(=NC1CC1)Nc1ccc(Cl)c(C(F)(F)F)c1. The maximum atomic E-state index is 12.7. The predicted octanol–water partition coefficient (Wildman–Crippen LogP) is 2.75. The molecule has 104 valence electrons. The molecular formula is C11H12ClF3N4. The Morgan fingerprint density at radius 2 is 2.05 bits per heavy atom. The summed E-state index contributed by atoms with van der Waals surface area (Å²) in [5, 5.41) is 2.35. The van der Waals surface area contributed by atoms with E-state index in [1.54, 1.807) is 0 Å². The highest BCUT2D eigenvalue weighted by molar-refractivity contribution is 6.31. The Balaban J connectivity index is 2.20. The Morgan fingerprint density at radius 3 is 2.58 bits per heavy atom. The van der Waals surface area contributed by atoms with Gasteiger partial charge in [0, 0.05) is 5.69 Å². The smallest absolute Gasteiger partial charge is 0.325 e. The van der Waals surface area contributed by atoms with Crippen LogP contribution in [0.25, 0.3) is 0 Å². The van der Waals surface area contributed by atoms with Gasteiger partial charge in [-0.25, -0.2) is 10.8 Å². The molecule has 2 rings (SSSR count). The molecule has 1 aromatic rings. The van der Waals surface area contributed by atoms with Crippen molar-refractivity contribution in [1.82, 2.24) is 5.43 Å². The third-order valence-corrected chi connectivity index (χ3v) is 2.86. The molecule has 1 aromatic carbocycles. The molecule has 0 heterocycles. The fourth-order valence-corrected chi connectivity index (χ4v) is 1.67. The first kappa shape index (κ1) is 14.0. The van der Waals surface area contributed by atoms with E-state index in [0.717, 1.165) is 18.9 Å². The number of hydrogen-bond acceptors (Lipinski definition) is 2. The van der Waals surface area contributed by atoms with Crippen molar-refractivity contribution in [1.29, 1.82) is 0 Å². The maximum Gasteiger partial charge on any atom is 0.417 e. The quantitative estimate of drug-likeness (QED) is 0.340. The van der Waals surface area contributed by atoms with Gasteiger partial charge in [0.25, 0.3) is 0 Å². The van der Waals surface area contributed by atoms with Gasteiger partial charge < -0.3 is 5.32 Å². The van der Waals surface area contributed by atoms with E-state index < -0.39 is 11.7 Å². The molecule has 0 aromatic heterocycles. The predicted molar refractivity (Wildman–Crippen MR) is 67.9 cm³/mol. The number of halogens is 4. The Labute approximate surface area is 112 Å². The highest BCUT2D eigenvalue weighted by atomic mass is 35.5. The molecule has 1 fully saturated rings. The van der Waals surface area contributed by atoms with Gasteiger partial charge in [0.15, 0.2) is 0 Å². The molecule has 0 bridgehead atoms. The number of anilines is 1. The summed E-state index contributed by atoms with van der Waals surface area (Å²) in [5.41, 5.74) is 1.64. The van der Waals surface area contributed by atoms with Crippen LogP contribution in [0, 0.1) is 0 Å². The number of alkyl halides is 3. The van der Waals surface area contributed by atoms with Crippen molar-refractivity contribution in [3.05, 3.63) is 28.8 Å². The molecule has 4 N–H and O–H groups in total. The highest BCUT2D eigenvalue weighted by Gasteiger charge is 2.33. The Kier molecular flexibility index (Phi) is 3.86. The van der Waals surface area contributed by atoms with E-state index in [1.165, 1.54) is 12.1 Å². The fourth-order valence-electron chi connectivity index (χ4n) is 1.45. The molecule has 4 nitrogen and oxygen atoms in total. The molecule has 8 heteroatoms. The van der Waals surface area contributed by atoms with E-state index in [0.29, 0.717) is 0 Å². The van der Waals surface area contributed by atoms with Crippen molar-refractivity contribution in [2.45, 2.75) is 25.1 Å². The monoisotopic (exact) mass is 292 g/mol. The van der Waals surface area contributed by atoms with Gasteiger partial charge in [-0.05, 0) is 31.0 Å². The van der Waals surface area contributed by atoms with Crippen LogP contribution in [0.1, 0.15) is 18.4 Å². The average Bonchev–Trinajstić information content (AvgIpc) is 3.13. The van der Waals surface area contributed by atoms with Gasteiger partial charge in [-0.3, -0.25) is 5.43 Å². The number of aliphatic imine (C=N–C) groups is 1. The van der Waals surface area contributed by atoms with E-state index in [9.17, 15) is 13.2 Å². The number of hydrogen-bond donors (Lipinski definition) is 3. The van der Waals surface area contributed by atoms with E-state index >= 15 is 0 Å². The minimum atomic E-state index is -4.50. The minimum absolute atomic E-state index is 0.188. The number of hydrazine groups is 1. The lowest BCUT2D eigenvalue weighted by Gasteiger charge is -2.13. The Bertz CT molecular complexity index is 497. The average molecular weight is 293 g/mol. The van der Waals surface area contributed by atoms with Crippen LogP contribution in [0.4, 0.5) is 18.9 Å². The first-order chi connectivity index (χ1) is 8.90. The van der Waals surface area contributed by atoms with Crippen LogP contribution >= 0.6 is 11.6 Å². The summed E-state index contributed by atoms with van der Waals surface area (Å²) >= 11 is 5.53. The molecular weight excluding hydrogens is 281 g/mol. The third-order valence-electron chi connectivity index (χ3n) is 2.53. The van der Waals surface area contributed by atoms with Gasteiger partial charge in [0.1, 0.15) is 0 Å². The van der Waals surface area contributed by atoms with E-state index in [1.807, 2.05) is 0 Å². The molecule has 0 aliphatic heterocycles. The second-order valence-electron chi connectivity index (χ2n) is 4.17. The third kappa shape index (κ3) is 3.74. The van der Waals surface area contributed by atoms with Crippen LogP contribution in [0.3, 0.4) is 0 Å². The zero-order chi connectivity index (χ0) is 14.0. The number of nitrogens with two attached hydrogens (primary N) is 1. The fraction of sp³-hybridized carbons (Fsp3) is 0.364. The van der Waals surface area contributed by atoms with Gasteiger partial charge in [0.2, 0.25) is 5.96 Å². The standard InChI is InChI=1S/C11H12ClF3N4/c12-9-4-3-7(5-8(9)11(13,14)15)18-10(19-16)17-6-1-2-6/h3-6H,1-2,16H2,(H2,17,18,19). The molecule has 0 saturated heterocycles. The lowest BCUT2D eigenvalue weighted by Crippen LogP contribution is -2.36. The second kappa shape index (κ2) is 5.26. The highest BCUT2D eigenvalue weighted by Crippen LogP contribution is 2.36. The lowest BCUT2D eigenvalue weighted by molar-refractivity contribution is -0.137. The minimum Gasteiger partial charge on any atom is -0.325 e. The number of rotatable bonds is 2. The zero-order valence-electron chi connectivity index (χ0n) is 9.76. The van der Waals surface area contributed by atoms with Gasteiger partial charge in [-0.15, -0.1) is 0 Å². The second-order valence-corrected chi connectivity index (χ2v) is 4.58. The molecule has 1 aliphatic carbocycles. The number of nitrogens with one attached hydrogen (secondary N) is 2. The summed E-state index contributed by atoms with van der Waals surface area (Å²) in [4.78, 5) is 4.17. The van der Waals surface area contributed by atoms with Crippen LogP contribution in [0.15, 0.2) is 23.2 Å². The number of benzene rings is 1. The van der Waals surface area contributed by atoms with Gasteiger partial charge in [-0.1, -0.05) is 11.6 Å². The van der Waals surface area contributed by atoms with Gasteiger partial charge in [-0.2, -0.15) is 13.2 Å². The first-order valence-electron chi connectivity index (χ1n) is 5.58. The Morgan fingerprint density at radius 1 is 1.37 bits per heavy atom. The van der Waals surface area contributed by atoms with Crippen LogP contribution in [0.2, 0.25) is 5.02 Å². The number of guanidine groups is 1. The maximum absolute atomic E-state index is 12.7. The molecule has 0 atom stereocenters. The van der Waals surface area contributed by atoms with Crippen molar-refractivity contribution in [2.75, 3.05) is 5.32 Å². The van der Waals surface area contributed by atoms with Gasteiger partial charge in [0.05, 0.1) is 16.6 Å². The van der Waals surface area contributed by atoms with E-state index in [-0.39, 0.29) is 22.7 Å². The van der Waals surface area contributed by atoms with Crippen molar-refractivity contribution in [3.8, 4) is 0 Å². The normalized spacial score (nSPS) is 16.4. The van der Waals surface area contributed by atoms with Crippen molar-refractivity contribution < 1.29 is 13.2 Å². The van der Waals surface area contributed by atoms with Crippen LogP contribution in [-0.2, 0) is 6.18 Å². The summed E-state index contributed by atoms with van der Waals surface area (Å²) in [6, 6.07) is 3.71. The molecule has 0 unspecified atom stereocenters. The van der Waals surface area contributed by atoms with Crippen LogP contribution in [0.5, 0.6) is 0 Å².